The van der Waals surface area contributed by atoms with Gasteiger partial charge in [-0.1, -0.05) is 0 Å². The summed E-state index contributed by atoms with van der Waals surface area (Å²) in [6.07, 6.45) is 0.0213. The Morgan fingerprint density at radius 3 is 1.09 bits per heavy atom. The molecule has 7 heteroatoms. The summed E-state index contributed by atoms with van der Waals surface area (Å²) < 4.78 is 34.4. The summed E-state index contributed by atoms with van der Waals surface area (Å²) in [7, 11) is -2.76. The first-order valence-electron chi connectivity index (χ1n) is 8.63. The van der Waals surface area contributed by atoms with Crippen molar-refractivity contribution < 1.29 is 27.5 Å². The third kappa shape index (κ3) is 12.1. The van der Waals surface area contributed by atoms with E-state index in [-0.39, 0.29) is 18.3 Å². The van der Waals surface area contributed by atoms with Gasteiger partial charge in [0.05, 0.1) is 38.1 Å². The molecule has 0 aromatic heterocycles. The van der Waals surface area contributed by atoms with Gasteiger partial charge in [0.1, 0.15) is 0 Å². The smallest absolute Gasteiger partial charge is 0.376 e. The summed E-state index contributed by atoms with van der Waals surface area (Å²) in [4.78, 5) is 0. The van der Waals surface area contributed by atoms with Gasteiger partial charge in [-0.3, -0.25) is 0 Å². The highest BCUT2D eigenvalue weighted by atomic mass is 28.4. The molecule has 0 aromatic carbocycles. The van der Waals surface area contributed by atoms with Crippen molar-refractivity contribution in [1.82, 2.24) is 0 Å². The van der Waals surface area contributed by atoms with Gasteiger partial charge in [-0.25, -0.2) is 0 Å². The lowest BCUT2D eigenvalue weighted by molar-refractivity contribution is -0.0379. The first-order valence-corrected chi connectivity index (χ1v) is 10.9. The van der Waals surface area contributed by atoms with E-state index in [4.69, 9.17) is 27.5 Å². The van der Waals surface area contributed by atoms with E-state index in [1.165, 1.54) is 0 Å². The van der Waals surface area contributed by atoms with Crippen LogP contribution in [-0.2, 0) is 27.5 Å². The van der Waals surface area contributed by atoms with Crippen LogP contribution >= 0.6 is 0 Å². The molecular formula is C16H36O6Si. The summed E-state index contributed by atoms with van der Waals surface area (Å²) in [5, 5.41) is 0. The Labute approximate surface area is 143 Å². The van der Waals surface area contributed by atoms with Crippen molar-refractivity contribution in [2.24, 2.45) is 0 Å². The lowest BCUT2D eigenvalue weighted by Gasteiger charge is -2.29. The zero-order chi connectivity index (χ0) is 17.7. The van der Waals surface area contributed by atoms with Crippen molar-refractivity contribution in [1.29, 1.82) is 0 Å². The fourth-order valence-corrected chi connectivity index (χ4v) is 3.79. The maximum absolute atomic E-state index is 5.96. The molecule has 23 heavy (non-hydrogen) atoms. The second kappa shape index (κ2) is 13.3. The predicted molar refractivity (Wildman–Crippen MR) is 92.7 cm³/mol. The molecule has 0 N–H and O–H groups in total. The van der Waals surface area contributed by atoms with Crippen LogP contribution in [0.1, 0.15) is 41.5 Å². The number of rotatable bonds is 15. The second-order valence-electron chi connectivity index (χ2n) is 5.59. The van der Waals surface area contributed by atoms with Crippen molar-refractivity contribution in [3.8, 4) is 0 Å². The second-order valence-corrected chi connectivity index (χ2v) is 8.18. The highest BCUT2D eigenvalue weighted by Crippen LogP contribution is 2.13. The van der Waals surface area contributed by atoms with E-state index in [9.17, 15) is 0 Å². The van der Waals surface area contributed by atoms with E-state index in [2.05, 4.69) is 0 Å². The molecule has 0 aliphatic heterocycles. The minimum absolute atomic E-state index is 0.00709. The maximum atomic E-state index is 5.96. The Bertz CT molecular complexity index is 239. The fraction of sp³-hybridized carbons (Fsp3) is 1.00. The Hall–Kier alpha value is -0.0231. The van der Waals surface area contributed by atoms with Crippen LogP contribution in [0, 0.1) is 0 Å². The summed E-state index contributed by atoms with van der Waals surface area (Å²) in [6, 6.07) is 0. The van der Waals surface area contributed by atoms with Gasteiger partial charge in [0.2, 0.25) is 0 Å². The quantitative estimate of drug-likeness (QED) is 0.422. The zero-order valence-electron chi connectivity index (χ0n) is 15.9. The Kier molecular flexibility index (Phi) is 13.3. The van der Waals surface area contributed by atoms with Crippen molar-refractivity contribution in [3.05, 3.63) is 0 Å². The Balaban J connectivity index is 4.48. The molecule has 0 rings (SSSR count). The first-order chi connectivity index (χ1) is 10.9. The predicted octanol–water partition coefficient (Wildman–Crippen LogP) is 2.88. The maximum Gasteiger partial charge on any atom is 0.497 e. The van der Waals surface area contributed by atoms with Crippen LogP contribution in [0.2, 0.25) is 6.55 Å². The minimum Gasteiger partial charge on any atom is -0.376 e. The summed E-state index contributed by atoms with van der Waals surface area (Å²) in [5.74, 6) is 0. The van der Waals surface area contributed by atoms with E-state index in [1.54, 1.807) is 0 Å². The minimum atomic E-state index is -2.76. The highest BCUT2D eigenvalue weighted by Gasteiger charge is 2.36. The van der Waals surface area contributed by atoms with E-state index in [0.717, 1.165) is 0 Å². The number of hydrogen-bond acceptors (Lipinski definition) is 6. The summed E-state index contributed by atoms with van der Waals surface area (Å²) in [6.45, 7) is 17.1. The Morgan fingerprint density at radius 2 is 0.870 bits per heavy atom. The zero-order valence-corrected chi connectivity index (χ0v) is 16.9. The normalized spacial score (nSPS) is 18.4. The molecule has 0 aromatic rings. The van der Waals surface area contributed by atoms with Gasteiger partial charge in [-0.15, -0.1) is 0 Å². The number of ether oxygens (including phenoxy) is 3. The molecule has 0 aliphatic rings. The van der Waals surface area contributed by atoms with Crippen LogP contribution in [-0.4, -0.2) is 66.8 Å². The summed E-state index contributed by atoms with van der Waals surface area (Å²) in [5.41, 5.74) is 0. The molecule has 0 spiro atoms. The van der Waals surface area contributed by atoms with Gasteiger partial charge in [0.15, 0.2) is 0 Å². The van der Waals surface area contributed by atoms with Crippen LogP contribution in [0.15, 0.2) is 0 Å². The SMILES string of the molecule is CCOC(C)CO[Si](C)(OCC(C)OCC)OCC(C)OCC. The van der Waals surface area contributed by atoms with Gasteiger partial charge < -0.3 is 27.5 Å². The molecule has 0 saturated carbocycles. The average molecular weight is 353 g/mol. The van der Waals surface area contributed by atoms with Crippen molar-refractivity contribution in [2.75, 3.05) is 39.6 Å². The molecule has 0 amide bonds. The molecule has 3 atom stereocenters. The van der Waals surface area contributed by atoms with Gasteiger partial charge >= 0.3 is 8.80 Å². The lowest BCUT2D eigenvalue weighted by Crippen LogP contribution is -2.47. The molecule has 0 aliphatic carbocycles. The van der Waals surface area contributed by atoms with Crippen molar-refractivity contribution in [2.45, 2.75) is 66.4 Å². The molecule has 0 radical (unpaired) electrons. The largest absolute Gasteiger partial charge is 0.497 e. The van der Waals surface area contributed by atoms with Gasteiger partial charge in [0, 0.05) is 26.4 Å². The molecule has 3 unspecified atom stereocenters. The van der Waals surface area contributed by atoms with E-state index in [1.807, 2.05) is 48.1 Å². The van der Waals surface area contributed by atoms with E-state index >= 15 is 0 Å². The third-order valence-electron chi connectivity index (χ3n) is 3.09. The van der Waals surface area contributed by atoms with Crippen molar-refractivity contribution >= 4 is 8.80 Å². The molecule has 6 nitrogen and oxygen atoms in total. The summed E-state index contributed by atoms with van der Waals surface area (Å²) >= 11 is 0. The third-order valence-corrected chi connectivity index (χ3v) is 5.17. The fourth-order valence-electron chi connectivity index (χ4n) is 1.93. The molecule has 0 saturated heterocycles. The standard InChI is InChI=1S/C16H36O6Si/c1-8-17-14(4)11-20-23(7,21-12-15(5)18-9-2)22-13-16(6)19-10-3/h14-16H,8-13H2,1-7H3. The van der Waals surface area contributed by atoms with Crippen LogP contribution in [0.4, 0.5) is 0 Å². The van der Waals surface area contributed by atoms with E-state index in [0.29, 0.717) is 39.6 Å². The first kappa shape index (κ1) is 23.0. The van der Waals surface area contributed by atoms with Gasteiger partial charge in [0.25, 0.3) is 0 Å². The molecule has 0 heterocycles. The highest BCUT2D eigenvalue weighted by molar-refractivity contribution is 6.59. The van der Waals surface area contributed by atoms with Gasteiger partial charge in [-0.05, 0) is 41.5 Å². The van der Waals surface area contributed by atoms with Gasteiger partial charge in [-0.2, -0.15) is 0 Å². The number of hydrogen-bond donors (Lipinski definition) is 0. The lowest BCUT2D eigenvalue weighted by atomic mass is 10.4. The molecule has 140 valence electrons. The van der Waals surface area contributed by atoms with Crippen LogP contribution in [0.5, 0.6) is 0 Å². The van der Waals surface area contributed by atoms with Crippen LogP contribution in [0.3, 0.4) is 0 Å². The van der Waals surface area contributed by atoms with Crippen LogP contribution in [0.25, 0.3) is 0 Å². The molecule has 0 fully saturated rings. The average Bonchev–Trinajstić information content (AvgIpc) is 2.50. The van der Waals surface area contributed by atoms with Crippen LogP contribution < -0.4 is 0 Å². The Morgan fingerprint density at radius 1 is 0.609 bits per heavy atom. The molecular weight excluding hydrogens is 316 g/mol. The topological polar surface area (TPSA) is 55.4 Å². The van der Waals surface area contributed by atoms with Crippen molar-refractivity contribution in [3.63, 3.8) is 0 Å². The van der Waals surface area contributed by atoms with E-state index < -0.39 is 8.80 Å². The molecule has 0 bridgehead atoms. The monoisotopic (exact) mass is 352 g/mol.